The quantitative estimate of drug-likeness (QED) is 0.922. The molecule has 1 aromatic rings. The van der Waals surface area contributed by atoms with Gasteiger partial charge >= 0.3 is 0 Å². The number of hydrogen-bond donors (Lipinski definition) is 1. The zero-order chi connectivity index (χ0) is 14.0. The molecule has 0 unspecified atom stereocenters. The number of nitrogens with zero attached hydrogens (tertiary/aromatic N) is 3. The van der Waals surface area contributed by atoms with Crippen molar-refractivity contribution in [2.75, 3.05) is 31.1 Å². The molecule has 0 saturated carbocycles. The zero-order valence-electron chi connectivity index (χ0n) is 11.8. The number of rotatable bonds is 3. The number of piperazine rings is 1. The molecule has 1 N–H and O–H groups in total. The summed E-state index contributed by atoms with van der Waals surface area (Å²) in [5.41, 5.74) is 1.02. The lowest BCUT2D eigenvalue weighted by atomic mass is 10.1. The normalized spacial score (nSPS) is 22.6. The van der Waals surface area contributed by atoms with Crippen LogP contribution in [0.15, 0.2) is 16.6 Å². The van der Waals surface area contributed by atoms with Crippen molar-refractivity contribution in [3.05, 3.63) is 22.3 Å². The van der Waals surface area contributed by atoms with Gasteiger partial charge in [-0.15, -0.1) is 0 Å². The van der Waals surface area contributed by atoms with E-state index in [1.54, 1.807) is 0 Å². The number of aliphatic hydroxyl groups excluding tert-OH is 1. The largest absolute Gasteiger partial charge is 0.392 e. The van der Waals surface area contributed by atoms with Crippen LogP contribution < -0.4 is 4.90 Å². The van der Waals surface area contributed by atoms with Gasteiger partial charge in [-0.25, -0.2) is 4.98 Å². The molecule has 1 aromatic heterocycles. The third-order valence-electron chi connectivity index (χ3n) is 3.53. The van der Waals surface area contributed by atoms with Crippen molar-refractivity contribution in [3.8, 4) is 0 Å². The summed E-state index contributed by atoms with van der Waals surface area (Å²) in [6, 6.07) is 4.55. The van der Waals surface area contributed by atoms with Crippen LogP contribution in [0.1, 0.15) is 19.5 Å². The van der Waals surface area contributed by atoms with Gasteiger partial charge in [0.25, 0.3) is 0 Å². The standard InChI is InChI=1S/C14H22BrN3O/c1-10-8-17(9-11(2)19)6-7-18(10)14-5-4-13(15)12(3)16-14/h4-5,10-11,19H,6-9H2,1-3H3/t10-,11-/m1/s1. The number of anilines is 1. The summed E-state index contributed by atoms with van der Waals surface area (Å²) >= 11 is 3.49. The van der Waals surface area contributed by atoms with Gasteiger partial charge in [-0.3, -0.25) is 4.90 Å². The van der Waals surface area contributed by atoms with E-state index in [4.69, 9.17) is 0 Å². The van der Waals surface area contributed by atoms with Gasteiger partial charge in [0.15, 0.2) is 0 Å². The molecule has 2 atom stereocenters. The number of aryl methyl sites for hydroxylation is 1. The number of β-amino-alcohol motifs (C(OH)–C–C–N with tert-alkyl or cyclic N) is 1. The van der Waals surface area contributed by atoms with Crippen molar-refractivity contribution in [1.29, 1.82) is 0 Å². The van der Waals surface area contributed by atoms with Crippen LogP contribution in [0.3, 0.4) is 0 Å². The minimum absolute atomic E-state index is 0.258. The molecule has 5 heteroatoms. The molecule has 1 saturated heterocycles. The molecule has 0 amide bonds. The summed E-state index contributed by atoms with van der Waals surface area (Å²) in [5, 5.41) is 9.47. The maximum atomic E-state index is 9.47. The van der Waals surface area contributed by atoms with E-state index in [9.17, 15) is 5.11 Å². The minimum atomic E-state index is -0.258. The van der Waals surface area contributed by atoms with Gasteiger partial charge in [-0.1, -0.05) is 0 Å². The fourth-order valence-corrected chi connectivity index (χ4v) is 2.82. The molecule has 1 aliphatic heterocycles. The average Bonchev–Trinajstić information content (AvgIpc) is 2.32. The predicted molar refractivity (Wildman–Crippen MR) is 81.6 cm³/mol. The number of aromatic nitrogens is 1. The molecule has 0 radical (unpaired) electrons. The number of aliphatic hydroxyl groups is 1. The molecule has 0 bridgehead atoms. The van der Waals surface area contributed by atoms with Crippen molar-refractivity contribution < 1.29 is 5.11 Å². The summed E-state index contributed by atoms with van der Waals surface area (Å²) in [5.74, 6) is 1.05. The summed E-state index contributed by atoms with van der Waals surface area (Å²) in [4.78, 5) is 9.31. The average molecular weight is 328 g/mol. The van der Waals surface area contributed by atoms with E-state index in [0.29, 0.717) is 6.04 Å². The lowest BCUT2D eigenvalue weighted by molar-refractivity contribution is 0.114. The van der Waals surface area contributed by atoms with Gasteiger partial charge in [-0.2, -0.15) is 0 Å². The maximum Gasteiger partial charge on any atom is 0.129 e. The molecule has 19 heavy (non-hydrogen) atoms. The molecular formula is C14H22BrN3O. The van der Waals surface area contributed by atoms with Gasteiger partial charge < -0.3 is 10.0 Å². The minimum Gasteiger partial charge on any atom is -0.392 e. The Morgan fingerprint density at radius 3 is 2.79 bits per heavy atom. The van der Waals surface area contributed by atoms with Crippen molar-refractivity contribution in [1.82, 2.24) is 9.88 Å². The predicted octanol–water partition coefficient (Wildman–Crippen LogP) is 2.04. The van der Waals surface area contributed by atoms with Crippen molar-refractivity contribution in [3.63, 3.8) is 0 Å². The second-order valence-electron chi connectivity index (χ2n) is 5.39. The fourth-order valence-electron chi connectivity index (χ4n) is 2.60. The lowest BCUT2D eigenvalue weighted by Gasteiger charge is -2.41. The topological polar surface area (TPSA) is 39.6 Å². The van der Waals surface area contributed by atoms with E-state index in [0.717, 1.165) is 42.2 Å². The van der Waals surface area contributed by atoms with E-state index in [-0.39, 0.29) is 6.10 Å². The van der Waals surface area contributed by atoms with Gasteiger partial charge in [0.2, 0.25) is 0 Å². The highest BCUT2D eigenvalue weighted by Crippen LogP contribution is 2.22. The summed E-state index contributed by atoms with van der Waals surface area (Å²) < 4.78 is 1.05. The second-order valence-corrected chi connectivity index (χ2v) is 6.24. The molecule has 0 aliphatic carbocycles. The molecule has 2 rings (SSSR count). The molecule has 4 nitrogen and oxygen atoms in total. The highest BCUT2D eigenvalue weighted by molar-refractivity contribution is 9.10. The van der Waals surface area contributed by atoms with Gasteiger partial charge in [0, 0.05) is 36.7 Å². The van der Waals surface area contributed by atoms with E-state index in [2.05, 4.69) is 49.8 Å². The third kappa shape index (κ3) is 3.68. The van der Waals surface area contributed by atoms with Crippen LogP contribution in [0.5, 0.6) is 0 Å². The molecule has 1 aliphatic rings. The number of pyridine rings is 1. The first-order valence-corrected chi connectivity index (χ1v) is 7.57. The Bertz CT molecular complexity index is 439. The SMILES string of the molecule is Cc1nc(N2CCN(C[C@@H](C)O)C[C@H]2C)ccc1Br. The molecule has 0 spiro atoms. The zero-order valence-corrected chi connectivity index (χ0v) is 13.4. The first-order valence-electron chi connectivity index (χ1n) is 6.77. The molecular weight excluding hydrogens is 306 g/mol. The third-order valence-corrected chi connectivity index (χ3v) is 4.37. The monoisotopic (exact) mass is 327 g/mol. The highest BCUT2D eigenvalue weighted by Gasteiger charge is 2.25. The molecule has 1 fully saturated rings. The summed E-state index contributed by atoms with van der Waals surface area (Å²) in [7, 11) is 0. The van der Waals surface area contributed by atoms with Crippen LogP contribution in [0.4, 0.5) is 5.82 Å². The van der Waals surface area contributed by atoms with Crippen LogP contribution in [-0.2, 0) is 0 Å². The Balaban J connectivity index is 2.05. The summed E-state index contributed by atoms with van der Waals surface area (Å²) in [6.07, 6.45) is -0.258. The Labute approximate surface area is 123 Å². The van der Waals surface area contributed by atoms with Crippen LogP contribution >= 0.6 is 15.9 Å². The van der Waals surface area contributed by atoms with Gasteiger partial charge in [-0.05, 0) is 48.8 Å². The van der Waals surface area contributed by atoms with E-state index in [1.807, 2.05) is 13.8 Å². The fraction of sp³-hybridized carbons (Fsp3) is 0.643. The van der Waals surface area contributed by atoms with Crippen molar-refractivity contribution in [2.45, 2.75) is 32.9 Å². The second kappa shape index (κ2) is 6.20. The van der Waals surface area contributed by atoms with Gasteiger partial charge in [0.05, 0.1) is 11.8 Å². The van der Waals surface area contributed by atoms with Crippen LogP contribution in [0.2, 0.25) is 0 Å². The Kier molecular flexibility index (Phi) is 4.81. The van der Waals surface area contributed by atoms with E-state index in [1.165, 1.54) is 0 Å². The van der Waals surface area contributed by atoms with Crippen LogP contribution in [0, 0.1) is 6.92 Å². The molecule has 2 heterocycles. The first kappa shape index (κ1) is 14.8. The Morgan fingerprint density at radius 1 is 1.47 bits per heavy atom. The number of halogens is 1. The number of hydrogen-bond acceptors (Lipinski definition) is 4. The van der Waals surface area contributed by atoms with Crippen LogP contribution in [0.25, 0.3) is 0 Å². The smallest absolute Gasteiger partial charge is 0.129 e. The van der Waals surface area contributed by atoms with E-state index >= 15 is 0 Å². The Hall–Kier alpha value is -0.650. The van der Waals surface area contributed by atoms with Crippen molar-refractivity contribution in [2.24, 2.45) is 0 Å². The van der Waals surface area contributed by atoms with E-state index < -0.39 is 0 Å². The maximum absolute atomic E-state index is 9.47. The molecule has 106 valence electrons. The van der Waals surface area contributed by atoms with Crippen LogP contribution in [-0.4, -0.2) is 53.3 Å². The highest BCUT2D eigenvalue weighted by atomic mass is 79.9. The first-order chi connectivity index (χ1) is 8.97. The summed E-state index contributed by atoms with van der Waals surface area (Å²) in [6.45, 7) is 9.74. The lowest BCUT2D eigenvalue weighted by Crippen LogP contribution is -2.53. The Morgan fingerprint density at radius 2 is 2.21 bits per heavy atom. The molecule has 0 aromatic carbocycles. The van der Waals surface area contributed by atoms with Gasteiger partial charge in [0.1, 0.15) is 5.82 Å². The van der Waals surface area contributed by atoms with Crippen molar-refractivity contribution >= 4 is 21.7 Å².